The van der Waals surface area contributed by atoms with E-state index in [0.717, 1.165) is 0 Å². The van der Waals surface area contributed by atoms with Gasteiger partial charge >= 0.3 is 0 Å². The van der Waals surface area contributed by atoms with E-state index < -0.39 is 0 Å². The summed E-state index contributed by atoms with van der Waals surface area (Å²) in [6.07, 6.45) is 1.63. The Kier molecular flexibility index (Phi) is 4.77. The molecule has 0 saturated heterocycles. The molecule has 0 aliphatic rings. The third-order valence-corrected chi connectivity index (χ3v) is 1.06. The van der Waals surface area contributed by atoms with Gasteiger partial charge in [0.2, 0.25) is 0 Å². The molecule has 0 radical (unpaired) electrons. The summed E-state index contributed by atoms with van der Waals surface area (Å²) in [5, 5.41) is 17.6. The van der Waals surface area contributed by atoms with Crippen molar-refractivity contribution in [2.75, 3.05) is 13.2 Å². The van der Waals surface area contributed by atoms with E-state index in [9.17, 15) is 0 Å². The van der Waals surface area contributed by atoms with Crippen LogP contribution in [0, 0.1) is 5.92 Å². The van der Waals surface area contributed by atoms with Gasteiger partial charge in [-0.05, 0) is 6.92 Å². The van der Waals surface area contributed by atoms with Crippen LogP contribution in [0.4, 0.5) is 0 Å². The highest BCUT2D eigenvalue weighted by atomic mass is 35.5. The molecule has 9 heavy (non-hydrogen) atoms. The van der Waals surface area contributed by atoms with Crippen LogP contribution in [0.3, 0.4) is 0 Å². The molecule has 0 aromatic heterocycles. The normalized spacial score (nSPS) is 12.8. The predicted molar refractivity (Wildman–Crippen MR) is 37.3 cm³/mol. The number of hydrogen-bond donors (Lipinski definition) is 2. The molecule has 0 atom stereocenters. The van der Waals surface area contributed by atoms with Crippen molar-refractivity contribution < 1.29 is 10.2 Å². The van der Waals surface area contributed by atoms with Gasteiger partial charge in [-0.2, -0.15) is 0 Å². The molecule has 0 saturated carbocycles. The average Bonchev–Trinajstić information content (AvgIpc) is 1.82. The first kappa shape index (κ1) is 8.95. The lowest BCUT2D eigenvalue weighted by atomic mass is 10.2. The van der Waals surface area contributed by atoms with Gasteiger partial charge in [-0.25, -0.2) is 0 Å². The van der Waals surface area contributed by atoms with Crippen LogP contribution in [0.2, 0.25) is 0 Å². The van der Waals surface area contributed by atoms with Crippen LogP contribution in [0.15, 0.2) is 11.1 Å². The first-order valence-corrected chi connectivity index (χ1v) is 3.14. The third-order valence-electron chi connectivity index (χ3n) is 0.934. The van der Waals surface area contributed by atoms with Crippen molar-refractivity contribution >= 4 is 11.6 Å². The zero-order valence-corrected chi connectivity index (χ0v) is 6.10. The number of allylic oxidation sites excluding steroid dienone is 1. The predicted octanol–water partition coefficient (Wildman–Crippen LogP) is 0.730. The van der Waals surface area contributed by atoms with Gasteiger partial charge in [-0.3, -0.25) is 0 Å². The molecule has 2 nitrogen and oxygen atoms in total. The van der Waals surface area contributed by atoms with Gasteiger partial charge in [-0.15, -0.1) is 0 Å². The van der Waals surface area contributed by atoms with E-state index >= 15 is 0 Å². The Balaban J connectivity index is 3.68. The molecular formula is C6H11ClO2. The SMILES string of the molecule is CC(Cl)=CC(CO)CO. The highest BCUT2D eigenvalue weighted by Gasteiger charge is 1.99. The Hall–Kier alpha value is -0.0500. The van der Waals surface area contributed by atoms with Crippen LogP contribution in [0.25, 0.3) is 0 Å². The van der Waals surface area contributed by atoms with Gasteiger partial charge in [0.15, 0.2) is 0 Å². The fourth-order valence-corrected chi connectivity index (χ4v) is 0.666. The minimum Gasteiger partial charge on any atom is -0.396 e. The molecule has 2 N–H and O–H groups in total. The van der Waals surface area contributed by atoms with Crippen LogP contribution >= 0.6 is 11.6 Å². The van der Waals surface area contributed by atoms with E-state index in [-0.39, 0.29) is 19.1 Å². The summed E-state index contributed by atoms with van der Waals surface area (Å²) in [6.45, 7) is 1.60. The molecule has 0 rings (SSSR count). The molecule has 0 aromatic carbocycles. The maximum absolute atomic E-state index is 8.51. The highest BCUT2D eigenvalue weighted by Crippen LogP contribution is 2.04. The first-order chi connectivity index (χ1) is 4.20. The van der Waals surface area contributed by atoms with Crippen molar-refractivity contribution in [2.24, 2.45) is 5.92 Å². The number of rotatable bonds is 3. The van der Waals surface area contributed by atoms with Crippen LogP contribution in [-0.2, 0) is 0 Å². The highest BCUT2D eigenvalue weighted by molar-refractivity contribution is 6.29. The monoisotopic (exact) mass is 150 g/mol. The minimum absolute atomic E-state index is 0.0550. The summed E-state index contributed by atoms with van der Waals surface area (Å²) in [5.41, 5.74) is 0. The summed E-state index contributed by atoms with van der Waals surface area (Å²) in [6, 6.07) is 0. The molecule has 0 bridgehead atoms. The van der Waals surface area contributed by atoms with Gasteiger partial charge in [0.05, 0.1) is 13.2 Å². The van der Waals surface area contributed by atoms with E-state index in [0.29, 0.717) is 5.03 Å². The summed E-state index contributed by atoms with van der Waals surface area (Å²) in [4.78, 5) is 0. The molecule has 0 unspecified atom stereocenters. The average molecular weight is 151 g/mol. The van der Waals surface area contributed by atoms with Crippen LogP contribution < -0.4 is 0 Å². The minimum atomic E-state index is -0.206. The molecule has 54 valence electrons. The van der Waals surface area contributed by atoms with E-state index in [1.807, 2.05) is 0 Å². The molecule has 0 aromatic rings. The standard InChI is InChI=1S/C6H11ClO2/c1-5(7)2-6(3-8)4-9/h2,6,8-9H,3-4H2,1H3. The summed E-state index contributed by atoms with van der Waals surface area (Å²) in [5.74, 6) is -0.206. The van der Waals surface area contributed by atoms with Crippen LogP contribution in [0.1, 0.15) is 6.92 Å². The molecule has 0 spiro atoms. The fourth-order valence-electron chi connectivity index (χ4n) is 0.488. The Morgan fingerprint density at radius 3 is 2.11 bits per heavy atom. The van der Waals surface area contributed by atoms with E-state index in [2.05, 4.69) is 0 Å². The van der Waals surface area contributed by atoms with Crippen molar-refractivity contribution in [3.8, 4) is 0 Å². The first-order valence-electron chi connectivity index (χ1n) is 2.76. The van der Waals surface area contributed by atoms with E-state index in [4.69, 9.17) is 21.8 Å². The van der Waals surface area contributed by atoms with E-state index in [1.54, 1.807) is 13.0 Å². The van der Waals surface area contributed by atoms with Gasteiger partial charge in [0.25, 0.3) is 0 Å². The van der Waals surface area contributed by atoms with Crippen molar-refractivity contribution in [1.29, 1.82) is 0 Å². The van der Waals surface area contributed by atoms with Crippen LogP contribution in [0.5, 0.6) is 0 Å². The smallest absolute Gasteiger partial charge is 0.0516 e. The summed E-state index contributed by atoms with van der Waals surface area (Å²) < 4.78 is 0. The van der Waals surface area contributed by atoms with Crippen LogP contribution in [-0.4, -0.2) is 23.4 Å². The van der Waals surface area contributed by atoms with Crippen molar-refractivity contribution in [1.82, 2.24) is 0 Å². The third kappa shape index (κ3) is 4.45. The maximum Gasteiger partial charge on any atom is 0.0516 e. The zero-order chi connectivity index (χ0) is 7.28. The molecule has 0 aliphatic carbocycles. The number of aliphatic hydroxyl groups excluding tert-OH is 2. The largest absolute Gasteiger partial charge is 0.396 e. The number of halogens is 1. The maximum atomic E-state index is 8.51. The van der Waals surface area contributed by atoms with Gasteiger partial charge in [0, 0.05) is 11.0 Å². The summed E-state index contributed by atoms with van der Waals surface area (Å²) >= 11 is 5.47. The fraction of sp³-hybridized carbons (Fsp3) is 0.667. The lowest BCUT2D eigenvalue weighted by Gasteiger charge is -2.02. The second kappa shape index (κ2) is 4.79. The van der Waals surface area contributed by atoms with Gasteiger partial charge < -0.3 is 10.2 Å². The van der Waals surface area contributed by atoms with Crippen molar-refractivity contribution in [3.05, 3.63) is 11.1 Å². The van der Waals surface area contributed by atoms with E-state index in [1.165, 1.54) is 0 Å². The van der Waals surface area contributed by atoms with Gasteiger partial charge in [0.1, 0.15) is 0 Å². The molecule has 0 amide bonds. The quantitative estimate of drug-likeness (QED) is 0.623. The topological polar surface area (TPSA) is 40.5 Å². The Morgan fingerprint density at radius 2 is 2.00 bits per heavy atom. The zero-order valence-electron chi connectivity index (χ0n) is 5.34. The lowest BCUT2D eigenvalue weighted by Crippen LogP contribution is -2.07. The van der Waals surface area contributed by atoms with Crippen molar-refractivity contribution in [3.63, 3.8) is 0 Å². The Bertz CT molecular complexity index is 93.2. The second-order valence-corrected chi connectivity index (χ2v) is 2.47. The molecule has 3 heteroatoms. The molecule has 0 heterocycles. The molecular weight excluding hydrogens is 140 g/mol. The summed E-state index contributed by atoms with van der Waals surface area (Å²) in [7, 11) is 0. The van der Waals surface area contributed by atoms with Crippen molar-refractivity contribution in [2.45, 2.75) is 6.92 Å². The molecule has 0 fully saturated rings. The lowest BCUT2D eigenvalue weighted by molar-refractivity contribution is 0.177. The Labute approximate surface area is 59.8 Å². The number of hydrogen-bond acceptors (Lipinski definition) is 2. The Morgan fingerprint density at radius 1 is 1.56 bits per heavy atom. The van der Waals surface area contributed by atoms with Gasteiger partial charge in [-0.1, -0.05) is 17.7 Å². The second-order valence-electron chi connectivity index (χ2n) is 1.88. The number of aliphatic hydroxyl groups is 2. The molecule has 0 aliphatic heterocycles.